The molecule has 2 aromatic carbocycles. The number of likely N-dealkylation sites (N-methyl/N-ethyl adjacent to an activating group) is 1. The van der Waals surface area contributed by atoms with E-state index in [2.05, 4.69) is 15.8 Å². The van der Waals surface area contributed by atoms with Crippen LogP contribution < -0.4 is 25.9 Å². The predicted octanol–water partition coefficient (Wildman–Crippen LogP) is 3.22. The highest BCUT2D eigenvalue weighted by Crippen LogP contribution is 2.42. The number of aromatic nitrogens is 1. The van der Waals surface area contributed by atoms with E-state index in [1.54, 1.807) is 6.20 Å². The number of benzene rings is 2. The largest absolute Gasteiger partial charge is 0.487 e. The number of hydrogen-bond acceptors (Lipinski definition) is 6. The highest BCUT2D eigenvalue weighted by Gasteiger charge is 2.31. The van der Waals surface area contributed by atoms with Crippen LogP contribution >= 0.6 is 0 Å². The molecule has 0 spiro atoms. The fraction of sp³-hybridized carbons (Fsp3) is 0.385. The molecule has 1 saturated heterocycles. The Bertz CT molecular complexity index is 1380. The summed E-state index contributed by atoms with van der Waals surface area (Å²) in [4.78, 5) is 30.6. The Balaban J connectivity index is 1.55. The third-order valence-corrected chi connectivity index (χ3v) is 6.90. The van der Waals surface area contributed by atoms with Gasteiger partial charge in [-0.1, -0.05) is 17.7 Å². The molecule has 35 heavy (non-hydrogen) atoms. The van der Waals surface area contributed by atoms with Crippen molar-refractivity contribution < 1.29 is 13.9 Å². The quantitative estimate of drug-likeness (QED) is 0.560. The number of ether oxygens (including phenoxy) is 1. The molecular weight excluding hydrogens is 449 g/mol. The Kier molecular flexibility index (Phi) is 5.88. The molecule has 2 aliphatic rings. The van der Waals surface area contributed by atoms with Crippen molar-refractivity contribution in [1.82, 2.24) is 14.9 Å². The molecule has 1 fully saturated rings. The average Bonchev–Trinajstić information content (AvgIpc) is 2.82. The van der Waals surface area contributed by atoms with Gasteiger partial charge in [0.05, 0.1) is 22.6 Å². The van der Waals surface area contributed by atoms with Crippen LogP contribution in [0.15, 0.2) is 35.3 Å². The summed E-state index contributed by atoms with van der Waals surface area (Å²) in [6, 6.07) is 6.91. The molecule has 9 heteroatoms. The lowest BCUT2D eigenvalue weighted by molar-refractivity contribution is 0.0960. The van der Waals surface area contributed by atoms with Gasteiger partial charge in [0.25, 0.3) is 5.91 Å². The number of hydrogen-bond donors (Lipinski definition) is 2. The third kappa shape index (κ3) is 4.10. The minimum absolute atomic E-state index is 0.0544. The van der Waals surface area contributed by atoms with Crippen molar-refractivity contribution in [2.45, 2.75) is 26.8 Å². The summed E-state index contributed by atoms with van der Waals surface area (Å²) in [6.07, 6.45) is 1.56. The molecule has 1 atom stereocenters. The zero-order chi connectivity index (χ0) is 24.9. The number of anilines is 2. The van der Waals surface area contributed by atoms with Gasteiger partial charge in [-0.3, -0.25) is 20.4 Å². The smallest absolute Gasteiger partial charge is 0.275 e. The number of nitrogens with one attached hydrogen (secondary N) is 2. The fourth-order valence-electron chi connectivity index (χ4n) is 4.84. The molecule has 0 radical (unpaired) electrons. The van der Waals surface area contributed by atoms with Crippen molar-refractivity contribution in [3.05, 3.63) is 63.2 Å². The second-order valence-corrected chi connectivity index (χ2v) is 9.56. The monoisotopic (exact) mass is 479 g/mol. The number of rotatable bonds is 4. The Morgan fingerprint density at radius 2 is 1.89 bits per heavy atom. The van der Waals surface area contributed by atoms with Gasteiger partial charge in [0, 0.05) is 32.4 Å². The van der Waals surface area contributed by atoms with E-state index in [1.807, 2.05) is 55.5 Å². The fourth-order valence-corrected chi connectivity index (χ4v) is 4.84. The van der Waals surface area contributed by atoms with Crippen molar-refractivity contribution in [2.24, 2.45) is 0 Å². The van der Waals surface area contributed by atoms with Crippen LogP contribution in [0.2, 0.25) is 0 Å². The van der Waals surface area contributed by atoms with Crippen LogP contribution in [-0.2, 0) is 0 Å². The standard InChI is InChI=1S/C26H30FN5O3/c1-15-5-6-21(16(2)11-15)28-29-26(34)19-13-32-17(3)14-35-25-22(32)18(24(19)33)12-20(27)23(25)31-9-7-30(4)8-10-31/h5-6,11-13,17,28H,7-10,14H2,1-4H3,(H,29,34)/t17-/m0/s1. The molecule has 2 N–H and O–H groups in total. The van der Waals surface area contributed by atoms with Crippen LogP contribution in [0.25, 0.3) is 10.9 Å². The van der Waals surface area contributed by atoms with Gasteiger partial charge in [0.15, 0.2) is 11.6 Å². The summed E-state index contributed by atoms with van der Waals surface area (Å²) < 4.78 is 23.3. The van der Waals surface area contributed by atoms with Gasteiger partial charge >= 0.3 is 0 Å². The van der Waals surface area contributed by atoms with E-state index in [9.17, 15) is 9.59 Å². The van der Waals surface area contributed by atoms with Crippen LogP contribution in [0.5, 0.6) is 5.75 Å². The molecule has 3 aromatic rings. The number of halogens is 1. The van der Waals surface area contributed by atoms with E-state index in [-0.39, 0.29) is 17.0 Å². The van der Waals surface area contributed by atoms with Crippen molar-refractivity contribution in [2.75, 3.05) is 50.2 Å². The second-order valence-electron chi connectivity index (χ2n) is 9.56. The lowest BCUT2D eigenvalue weighted by atomic mass is 10.0. The van der Waals surface area contributed by atoms with Gasteiger partial charge in [-0.05, 0) is 45.5 Å². The predicted molar refractivity (Wildman–Crippen MR) is 135 cm³/mol. The maximum absolute atomic E-state index is 15.5. The zero-order valence-electron chi connectivity index (χ0n) is 20.4. The third-order valence-electron chi connectivity index (χ3n) is 6.90. The van der Waals surface area contributed by atoms with E-state index in [4.69, 9.17) is 4.74 Å². The van der Waals surface area contributed by atoms with Gasteiger partial charge < -0.3 is 19.1 Å². The van der Waals surface area contributed by atoms with E-state index < -0.39 is 17.2 Å². The van der Waals surface area contributed by atoms with E-state index >= 15 is 4.39 Å². The maximum atomic E-state index is 15.5. The molecule has 0 unspecified atom stereocenters. The maximum Gasteiger partial charge on any atom is 0.275 e. The van der Waals surface area contributed by atoms with Gasteiger partial charge in [-0.15, -0.1) is 0 Å². The zero-order valence-corrected chi connectivity index (χ0v) is 20.4. The Hall–Kier alpha value is -3.59. The Morgan fingerprint density at radius 3 is 2.60 bits per heavy atom. The number of carbonyl (C=O) groups excluding carboxylic acids is 1. The molecule has 3 heterocycles. The Labute approximate surface area is 203 Å². The molecule has 184 valence electrons. The molecular formula is C26H30FN5O3. The average molecular weight is 480 g/mol. The number of hydrazine groups is 1. The molecule has 2 aliphatic heterocycles. The minimum atomic E-state index is -0.579. The summed E-state index contributed by atoms with van der Waals surface area (Å²) in [5.41, 5.74) is 8.66. The van der Waals surface area contributed by atoms with Gasteiger partial charge in [0.2, 0.25) is 5.43 Å². The molecule has 1 amide bonds. The van der Waals surface area contributed by atoms with Crippen LogP contribution in [0.4, 0.5) is 15.8 Å². The number of nitrogens with zero attached hydrogens (tertiary/aromatic N) is 3. The van der Waals surface area contributed by atoms with Gasteiger partial charge in [-0.25, -0.2) is 4.39 Å². The van der Waals surface area contributed by atoms with E-state index in [0.717, 1.165) is 29.9 Å². The van der Waals surface area contributed by atoms with Crippen molar-refractivity contribution in [3.8, 4) is 5.75 Å². The summed E-state index contributed by atoms with van der Waals surface area (Å²) in [7, 11) is 2.04. The van der Waals surface area contributed by atoms with Gasteiger partial charge in [-0.2, -0.15) is 0 Å². The first-order valence-electron chi connectivity index (χ1n) is 11.9. The molecule has 0 aliphatic carbocycles. The molecule has 5 rings (SSSR count). The first-order chi connectivity index (χ1) is 16.7. The first kappa shape index (κ1) is 23.2. The molecule has 0 bridgehead atoms. The molecule has 8 nitrogen and oxygen atoms in total. The van der Waals surface area contributed by atoms with Crippen LogP contribution in [0.1, 0.15) is 34.5 Å². The van der Waals surface area contributed by atoms with Gasteiger partial charge in [0.1, 0.15) is 17.9 Å². The Morgan fingerprint density at radius 1 is 1.14 bits per heavy atom. The van der Waals surface area contributed by atoms with Crippen LogP contribution in [0, 0.1) is 19.7 Å². The lowest BCUT2D eigenvalue weighted by Gasteiger charge is -2.37. The van der Waals surface area contributed by atoms with Crippen molar-refractivity contribution in [3.63, 3.8) is 0 Å². The first-order valence-corrected chi connectivity index (χ1v) is 11.9. The van der Waals surface area contributed by atoms with E-state index in [1.165, 1.54) is 6.07 Å². The lowest BCUT2D eigenvalue weighted by Crippen LogP contribution is -2.45. The topological polar surface area (TPSA) is 78.8 Å². The summed E-state index contributed by atoms with van der Waals surface area (Å²) in [5, 5.41) is 0.140. The number of piperazine rings is 1. The van der Waals surface area contributed by atoms with Crippen LogP contribution in [-0.4, -0.2) is 55.2 Å². The molecule has 0 saturated carbocycles. The highest BCUT2D eigenvalue weighted by molar-refractivity contribution is 6.00. The highest BCUT2D eigenvalue weighted by atomic mass is 19.1. The summed E-state index contributed by atoms with van der Waals surface area (Å²) in [6.45, 7) is 9.14. The number of carbonyl (C=O) groups is 1. The van der Waals surface area contributed by atoms with Crippen molar-refractivity contribution in [1.29, 1.82) is 0 Å². The van der Waals surface area contributed by atoms with E-state index in [0.29, 0.717) is 36.6 Å². The summed E-state index contributed by atoms with van der Waals surface area (Å²) >= 11 is 0. The summed E-state index contributed by atoms with van der Waals surface area (Å²) in [5.74, 6) is -0.717. The van der Waals surface area contributed by atoms with Crippen molar-refractivity contribution >= 4 is 28.2 Å². The molecule has 1 aromatic heterocycles. The SMILES string of the molecule is Cc1ccc(NNC(=O)c2cn3c4c(c(N5CCN(C)CC5)c(F)cc4c2=O)OC[C@@H]3C)c(C)c1. The minimum Gasteiger partial charge on any atom is -0.487 e. The van der Waals surface area contributed by atoms with Crippen LogP contribution in [0.3, 0.4) is 0 Å². The second kappa shape index (κ2) is 8.88. The number of aryl methyl sites for hydroxylation is 2. The number of amides is 1. The number of pyridine rings is 1. The normalized spacial score (nSPS) is 17.9.